The summed E-state index contributed by atoms with van der Waals surface area (Å²) in [6, 6.07) is 0. The number of nitrogens with zero attached hydrogens (tertiary/aromatic N) is 5. The number of fused-ring (bicyclic) bond motifs is 1. The van der Waals surface area contributed by atoms with Crippen molar-refractivity contribution in [3.8, 4) is 0 Å². The van der Waals surface area contributed by atoms with Crippen molar-refractivity contribution in [2.24, 2.45) is 0 Å². The number of rotatable bonds is 5. The minimum atomic E-state index is -0.391. The highest BCUT2D eigenvalue weighted by Gasteiger charge is 2.36. The maximum atomic E-state index is 12.1. The molecule has 1 amide bonds. The fraction of sp³-hybridized carbons (Fsp3) is 0.500. The third-order valence-corrected chi connectivity index (χ3v) is 8.71. The van der Waals surface area contributed by atoms with Crippen LogP contribution < -0.4 is 9.80 Å². The summed E-state index contributed by atoms with van der Waals surface area (Å²) in [5.41, 5.74) is 3.52. The second-order valence-corrected chi connectivity index (χ2v) is 11.9. The average Bonchev–Trinajstić information content (AvgIpc) is 3.34. The van der Waals surface area contributed by atoms with Gasteiger partial charge in [-0.3, -0.25) is 8.72 Å². The summed E-state index contributed by atoms with van der Waals surface area (Å²) >= 11 is 7.08. The van der Waals surface area contributed by atoms with Crippen LogP contribution in [0, 0.1) is 0 Å². The Morgan fingerprint density at radius 2 is 1.91 bits per heavy atom. The van der Waals surface area contributed by atoms with Crippen molar-refractivity contribution < 1.29 is 14.3 Å². The fourth-order valence-corrected chi connectivity index (χ4v) is 7.36. The highest BCUT2D eigenvalue weighted by molar-refractivity contribution is 9.07. The summed E-state index contributed by atoms with van der Waals surface area (Å²) in [6.07, 6.45) is 3.72. The van der Waals surface area contributed by atoms with Crippen molar-refractivity contribution >= 4 is 62.1 Å². The molecule has 8 nitrogen and oxygen atoms in total. The number of hydrogen-bond acceptors (Lipinski definition) is 9. The number of methoxy groups -OCH3 is 1. The molecule has 0 aliphatic carbocycles. The molecule has 0 N–H and O–H groups in total. The maximum Gasteiger partial charge on any atom is 0.355 e. The zero-order chi connectivity index (χ0) is 23.9. The Hall–Kier alpha value is -1.98. The Morgan fingerprint density at radius 3 is 2.52 bits per heavy atom. The zero-order valence-electron chi connectivity index (χ0n) is 19.4. The van der Waals surface area contributed by atoms with Crippen LogP contribution in [0.5, 0.6) is 0 Å². The molecule has 1 saturated heterocycles. The predicted octanol–water partition coefficient (Wildman–Crippen LogP) is 3.97. The molecule has 1 aromatic rings. The van der Waals surface area contributed by atoms with Gasteiger partial charge in [0.25, 0.3) is 0 Å². The summed E-state index contributed by atoms with van der Waals surface area (Å²) in [5.74, 6) is 0.734. The first-order valence-corrected chi connectivity index (χ1v) is 13.2. The molecular formula is C22H28BrN5O3S2. The van der Waals surface area contributed by atoms with Gasteiger partial charge in [-0.25, -0.2) is 9.78 Å². The number of aromatic nitrogens is 1. The summed E-state index contributed by atoms with van der Waals surface area (Å²) in [6.45, 7) is 11.8. The van der Waals surface area contributed by atoms with Gasteiger partial charge >= 0.3 is 5.97 Å². The van der Waals surface area contributed by atoms with Gasteiger partial charge in [0, 0.05) is 44.9 Å². The van der Waals surface area contributed by atoms with Gasteiger partial charge in [0.2, 0.25) is 5.91 Å². The quantitative estimate of drug-likeness (QED) is 0.308. The van der Waals surface area contributed by atoms with Gasteiger partial charge in [-0.15, -0.1) is 11.8 Å². The van der Waals surface area contributed by atoms with E-state index in [-0.39, 0.29) is 5.91 Å². The summed E-state index contributed by atoms with van der Waals surface area (Å²) in [7, 11) is 1.38. The number of allylic oxidation sites excluding steroid dienone is 2. The van der Waals surface area contributed by atoms with E-state index in [0.29, 0.717) is 30.6 Å². The molecule has 0 spiro atoms. The summed E-state index contributed by atoms with van der Waals surface area (Å²) in [5, 5.41) is 1.36. The van der Waals surface area contributed by atoms with Crippen LogP contribution in [0.1, 0.15) is 27.7 Å². The molecule has 11 heteroatoms. The number of piperazine rings is 1. The molecule has 178 valence electrons. The van der Waals surface area contributed by atoms with Gasteiger partial charge in [0.15, 0.2) is 10.9 Å². The number of anilines is 2. The third kappa shape index (κ3) is 4.67. The Morgan fingerprint density at radius 1 is 1.21 bits per heavy atom. The van der Waals surface area contributed by atoms with E-state index in [1.54, 1.807) is 28.3 Å². The van der Waals surface area contributed by atoms with E-state index in [0.717, 1.165) is 41.0 Å². The van der Waals surface area contributed by atoms with E-state index < -0.39 is 5.97 Å². The van der Waals surface area contributed by atoms with Crippen LogP contribution in [0.4, 0.5) is 10.9 Å². The summed E-state index contributed by atoms with van der Waals surface area (Å²) < 4.78 is 7.83. The average molecular weight is 555 g/mol. The minimum Gasteiger partial charge on any atom is -0.464 e. The van der Waals surface area contributed by atoms with Gasteiger partial charge in [-0.2, -0.15) is 0 Å². The van der Waals surface area contributed by atoms with Crippen LogP contribution in [0.3, 0.4) is 0 Å². The highest BCUT2D eigenvalue weighted by atomic mass is 79.9. The number of amides is 1. The second kappa shape index (κ2) is 9.71. The number of esters is 1. The molecule has 0 bridgehead atoms. The first-order valence-electron chi connectivity index (χ1n) is 10.8. The van der Waals surface area contributed by atoms with Crippen molar-refractivity contribution in [2.45, 2.75) is 37.2 Å². The van der Waals surface area contributed by atoms with Crippen LogP contribution in [-0.2, 0) is 14.3 Å². The Bertz CT molecular complexity index is 1060. The smallest absolute Gasteiger partial charge is 0.355 e. The molecule has 0 atom stereocenters. The molecule has 3 aliphatic heterocycles. The van der Waals surface area contributed by atoms with Crippen LogP contribution in [0.15, 0.2) is 39.0 Å². The Balaban J connectivity index is 1.65. The van der Waals surface area contributed by atoms with Crippen molar-refractivity contribution in [3.05, 3.63) is 34.8 Å². The van der Waals surface area contributed by atoms with Gasteiger partial charge in [-0.05, 0) is 24.6 Å². The van der Waals surface area contributed by atoms with Crippen molar-refractivity contribution in [1.82, 2.24) is 13.8 Å². The highest BCUT2D eigenvalue weighted by Crippen LogP contribution is 2.46. The van der Waals surface area contributed by atoms with E-state index in [2.05, 4.69) is 46.7 Å². The van der Waals surface area contributed by atoms with Crippen molar-refractivity contribution in [1.29, 1.82) is 0 Å². The molecule has 0 aromatic carbocycles. The van der Waals surface area contributed by atoms with Crippen LogP contribution in [-0.4, -0.2) is 70.8 Å². The van der Waals surface area contributed by atoms with E-state index in [1.165, 1.54) is 11.3 Å². The zero-order valence-corrected chi connectivity index (χ0v) is 22.6. The molecule has 0 saturated carbocycles. The lowest BCUT2D eigenvalue weighted by molar-refractivity contribution is -0.137. The van der Waals surface area contributed by atoms with Gasteiger partial charge in [0.1, 0.15) is 9.91 Å². The molecule has 33 heavy (non-hydrogen) atoms. The van der Waals surface area contributed by atoms with E-state index in [1.807, 2.05) is 22.7 Å². The van der Waals surface area contributed by atoms with Crippen LogP contribution >= 0.6 is 39.2 Å². The van der Waals surface area contributed by atoms with Gasteiger partial charge in [0.05, 0.1) is 34.7 Å². The molecule has 3 aliphatic rings. The molecule has 1 aromatic heterocycles. The molecule has 4 rings (SSSR count). The van der Waals surface area contributed by atoms with Crippen LogP contribution in [0.2, 0.25) is 0 Å². The number of carbonyl (C=O) groups excluding carboxylic acids is 2. The minimum absolute atomic E-state index is 0.125. The number of halogens is 1. The van der Waals surface area contributed by atoms with Crippen LogP contribution in [0.25, 0.3) is 0 Å². The monoisotopic (exact) mass is 553 g/mol. The predicted molar refractivity (Wildman–Crippen MR) is 137 cm³/mol. The number of thioether (sulfide) groups is 1. The molecule has 4 heterocycles. The number of carbonyl (C=O) groups is 2. The molecule has 0 radical (unpaired) electrons. The topological polar surface area (TPSA) is 69.2 Å². The lowest BCUT2D eigenvalue weighted by Gasteiger charge is -2.34. The van der Waals surface area contributed by atoms with Gasteiger partial charge < -0.3 is 19.4 Å². The lowest BCUT2D eigenvalue weighted by atomic mass is 10.1. The standard InChI is InChI=1S/C22H28BrN5O3S2/c1-13(2)32-21-19(26-10-8-25(9-11-26)15(4)29)24-22(33-21)27-12-14(3)18-16(27)6-7-17(28(18)23)20(30)31-5/h6-7,13H,8-12H2,1-5H3. The lowest BCUT2D eigenvalue weighted by Crippen LogP contribution is -2.48. The van der Waals surface area contributed by atoms with E-state index in [9.17, 15) is 9.59 Å². The van der Waals surface area contributed by atoms with Gasteiger partial charge in [-0.1, -0.05) is 25.2 Å². The Kier molecular flexibility index (Phi) is 7.11. The maximum absolute atomic E-state index is 12.1. The molecule has 1 fully saturated rings. The first-order chi connectivity index (χ1) is 15.7. The fourth-order valence-electron chi connectivity index (χ4n) is 4.07. The summed E-state index contributed by atoms with van der Waals surface area (Å²) in [4.78, 5) is 35.4. The first kappa shape index (κ1) is 24.2. The third-order valence-electron chi connectivity index (χ3n) is 5.70. The number of thiazole rings is 1. The molecular weight excluding hydrogens is 526 g/mol. The molecule has 0 unspecified atom stereocenters. The second-order valence-electron chi connectivity index (χ2n) is 8.36. The number of hydrogen-bond donors (Lipinski definition) is 0. The van der Waals surface area contributed by atoms with E-state index >= 15 is 0 Å². The SMILES string of the molecule is COC(=O)C1=CC=C2C(=C(C)CN2c2nc(N3CCN(C(C)=O)CC3)c(SC(C)C)s2)N1Br. The Labute approximate surface area is 211 Å². The van der Waals surface area contributed by atoms with Crippen molar-refractivity contribution in [2.75, 3.05) is 49.6 Å². The largest absolute Gasteiger partial charge is 0.464 e. The van der Waals surface area contributed by atoms with Crippen molar-refractivity contribution in [3.63, 3.8) is 0 Å². The normalized spacial score (nSPS) is 18.6. The van der Waals surface area contributed by atoms with E-state index in [4.69, 9.17) is 9.72 Å². The number of ether oxygens (including phenoxy) is 1.